The molecule has 1 aromatic carbocycles. The molecule has 5 aromatic rings. The van der Waals surface area contributed by atoms with Gasteiger partial charge in [-0.05, 0) is 57.2 Å². The quantitative estimate of drug-likeness (QED) is 0.341. The van der Waals surface area contributed by atoms with E-state index in [0.717, 1.165) is 40.0 Å². The molecule has 0 saturated heterocycles. The average Bonchev–Trinajstić information content (AvgIpc) is 3.44. The predicted octanol–water partition coefficient (Wildman–Crippen LogP) is 3.90. The Morgan fingerprint density at radius 3 is 2.71 bits per heavy atom. The third-order valence-corrected chi connectivity index (χ3v) is 5.47. The number of benzene rings is 1. The van der Waals surface area contributed by atoms with Crippen LogP contribution in [0.15, 0.2) is 54.9 Å². The maximum atomic E-state index is 11.3. The number of hydrogen-bond acceptors (Lipinski definition) is 8. The summed E-state index contributed by atoms with van der Waals surface area (Å²) in [6.45, 7) is 6.24. The minimum atomic E-state index is 0.224. The van der Waals surface area contributed by atoms with Gasteiger partial charge in [0.05, 0.1) is 23.3 Å². The van der Waals surface area contributed by atoms with Gasteiger partial charge in [0.25, 0.3) is 0 Å². The van der Waals surface area contributed by atoms with Gasteiger partial charge in [-0.1, -0.05) is 6.07 Å². The monoisotopic (exact) mass is 468 g/mol. The van der Waals surface area contributed by atoms with Crippen LogP contribution in [0.4, 0.5) is 11.5 Å². The lowest BCUT2D eigenvalue weighted by Crippen LogP contribution is -2.09. The van der Waals surface area contributed by atoms with Crippen LogP contribution in [0.5, 0.6) is 5.88 Å². The molecule has 0 aliphatic rings. The summed E-state index contributed by atoms with van der Waals surface area (Å²) in [6, 6.07) is 15.3. The SMILES string of the molecule is CCOc1cc(C)n(-c2nc(-n3cnc4ccc(Nc5ccc(C)nn5)cc43)ccc2CC=O)n1. The van der Waals surface area contributed by atoms with Crippen LogP contribution in [0, 0.1) is 13.8 Å². The van der Waals surface area contributed by atoms with E-state index in [1.54, 1.807) is 11.0 Å². The number of ether oxygens (including phenoxy) is 1. The summed E-state index contributed by atoms with van der Waals surface area (Å²) >= 11 is 0. The molecule has 1 N–H and O–H groups in total. The molecule has 0 amide bonds. The molecule has 0 spiro atoms. The predicted molar refractivity (Wildman–Crippen MR) is 132 cm³/mol. The van der Waals surface area contributed by atoms with E-state index >= 15 is 0 Å². The number of aryl methyl sites for hydroxylation is 2. The van der Waals surface area contributed by atoms with Gasteiger partial charge in [0.1, 0.15) is 18.4 Å². The average molecular weight is 469 g/mol. The summed E-state index contributed by atoms with van der Waals surface area (Å²) in [5.41, 5.74) is 5.00. The number of carbonyl (C=O) groups is 1. The molecular formula is C25H24N8O2. The molecule has 10 nitrogen and oxygen atoms in total. The molecule has 0 unspecified atom stereocenters. The Bertz CT molecular complexity index is 1500. The topological polar surface area (TPSA) is 113 Å². The Balaban J connectivity index is 1.56. The van der Waals surface area contributed by atoms with Gasteiger partial charge in [-0.2, -0.15) is 5.10 Å². The van der Waals surface area contributed by atoms with Crippen molar-refractivity contribution in [1.82, 2.24) is 34.5 Å². The van der Waals surface area contributed by atoms with Crippen molar-refractivity contribution in [3.8, 4) is 17.5 Å². The summed E-state index contributed by atoms with van der Waals surface area (Å²) in [7, 11) is 0. The minimum Gasteiger partial charge on any atom is -0.477 e. The van der Waals surface area contributed by atoms with Gasteiger partial charge in [-0.3, -0.25) is 4.57 Å². The van der Waals surface area contributed by atoms with Crippen molar-refractivity contribution < 1.29 is 9.53 Å². The fourth-order valence-corrected chi connectivity index (χ4v) is 3.79. The highest BCUT2D eigenvalue weighted by atomic mass is 16.5. The number of aromatic nitrogens is 7. The molecule has 35 heavy (non-hydrogen) atoms. The lowest BCUT2D eigenvalue weighted by molar-refractivity contribution is -0.107. The van der Waals surface area contributed by atoms with Gasteiger partial charge in [-0.25, -0.2) is 14.6 Å². The van der Waals surface area contributed by atoms with Crippen molar-refractivity contribution in [2.45, 2.75) is 27.2 Å². The van der Waals surface area contributed by atoms with E-state index in [9.17, 15) is 4.79 Å². The Labute approximate surface area is 201 Å². The molecule has 10 heteroatoms. The first-order chi connectivity index (χ1) is 17.1. The van der Waals surface area contributed by atoms with Gasteiger partial charge < -0.3 is 14.8 Å². The van der Waals surface area contributed by atoms with Gasteiger partial charge in [0, 0.05) is 29.4 Å². The summed E-state index contributed by atoms with van der Waals surface area (Å²) in [5.74, 6) is 2.39. The van der Waals surface area contributed by atoms with Crippen LogP contribution < -0.4 is 10.1 Å². The second-order valence-electron chi connectivity index (χ2n) is 7.99. The van der Waals surface area contributed by atoms with E-state index < -0.39 is 0 Å². The molecule has 0 aliphatic carbocycles. The smallest absolute Gasteiger partial charge is 0.233 e. The second-order valence-corrected chi connectivity index (χ2v) is 7.99. The lowest BCUT2D eigenvalue weighted by atomic mass is 10.2. The van der Waals surface area contributed by atoms with Crippen LogP contribution >= 0.6 is 0 Å². The molecule has 4 heterocycles. The lowest BCUT2D eigenvalue weighted by Gasteiger charge is -2.12. The van der Waals surface area contributed by atoms with E-state index in [4.69, 9.17) is 9.72 Å². The number of anilines is 2. The van der Waals surface area contributed by atoms with Crippen molar-refractivity contribution in [2.24, 2.45) is 0 Å². The summed E-state index contributed by atoms with van der Waals surface area (Å²) in [5, 5.41) is 16.1. The van der Waals surface area contributed by atoms with Crippen molar-refractivity contribution in [3.05, 3.63) is 71.8 Å². The molecular weight excluding hydrogens is 444 g/mol. The number of nitrogens with one attached hydrogen (secondary N) is 1. The maximum Gasteiger partial charge on any atom is 0.233 e. The van der Waals surface area contributed by atoms with E-state index in [2.05, 4.69) is 25.6 Å². The summed E-state index contributed by atoms with van der Waals surface area (Å²) < 4.78 is 9.16. The zero-order valence-corrected chi connectivity index (χ0v) is 19.6. The normalized spacial score (nSPS) is 11.1. The Kier molecular flexibility index (Phi) is 5.92. The highest BCUT2D eigenvalue weighted by Gasteiger charge is 2.15. The highest BCUT2D eigenvalue weighted by molar-refractivity contribution is 5.82. The fourth-order valence-electron chi connectivity index (χ4n) is 3.79. The molecule has 5 rings (SSSR count). The van der Waals surface area contributed by atoms with E-state index in [-0.39, 0.29) is 6.42 Å². The molecule has 0 saturated carbocycles. The second kappa shape index (κ2) is 9.34. The summed E-state index contributed by atoms with van der Waals surface area (Å²) in [4.78, 5) is 20.7. The molecule has 0 bridgehead atoms. The fraction of sp³-hybridized carbons (Fsp3) is 0.200. The van der Waals surface area contributed by atoms with Crippen molar-refractivity contribution in [3.63, 3.8) is 0 Å². The standard InChI is InChI=1S/C25H24N8O2/c1-4-35-24-13-17(3)33(31-24)25-18(11-12-34)6-10-23(28-25)32-15-26-20-8-7-19(14-21(20)32)27-22-9-5-16(2)29-30-22/h5-10,12-15H,4,11H2,1-3H3,(H,27,30). The van der Waals surface area contributed by atoms with Gasteiger partial charge in [0.15, 0.2) is 11.6 Å². The Morgan fingerprint density at radius 2 is 1.94 bits per heavy atom. The number of imidazole rings is 1. The van der Waals surface area contributed by atoms with Gasteiger partial charge in [-0.15, -0.1) is 10.2 Å². The highest BCUT2D eigenvalue weighted by Crippen LogP contribution is 2.25. The molecule has 0 radical (unpaired) electrons. The molecule has 0 atom stereocenters. The first-order valence-electron chi connectivity index (χ1n) is 11.2. The zero-order valence-electron chi connectivity index (χ0n) is 19.6. The number of fused-ring (bicyclic) bond motifs is 1. The number of pyridine rings is 1. The van der Waals surface area contributed by atoms with Gasteiger partial charge in [0.2, 0.25) is 5.88 Å². The maximum absolute atomic E-state index is 11.3. The van der Waals surface area contributed by atoms with Crippen LogP contribution in [0.1, 0.15) is 23.9 Å². The molecule has 4 aromatic heterocycles. The Morgan fingerprint density at radius 1 is 1.06 bits per heavy atom. The largest absolute Gasteiger partial charge is 0.477 e. The van der Waals surface area contributed by atoms with Crippen LogP contribution in [0.2, 0.25) is 0 Å². The van der Waals surface area contributed by atoms with Gasteiger partial charge >= 0.3 is 0 Å². The minimum absolute atomic E-state index is 0.224. The number of aldehydes is 1. The molecule has 0 fully saturated rings. The molecule has 176 valence electrons. The van der Waals surface area contributed by atoms with Crippen molar-refractivity contribution in [2.75, 3.05) is 11.9 Å². The number of hydrogen-bond donors (Lipinski definition) is 1. The van der Waals surface area contributed by atoms with E-state index in [0.29, 0.717) is 29.9 Å². The zero-order chi connectivity index (χ0) is 24.4. The number of nitrogens with zero attached hydrogens (tertiary/aromatic N) is 7. The Hall–Kier alpha value is -4.60. The van der Waals surface area contributed by atoms with E-state index in [1.807, 2.05) is 73.9 Å². The first kappa shape index (κ1) is 22.2. The third-order valence-electron chi connectivity index (χ3n) is 5.47. The van der Waals surface area contributed by atoms with Crippen LogP contribution in [0.25, 0.3) is 22.7 Å². The van der Waals surface area contributed by atoms with Crippen molar-refractivity contribution in [1.29, 1.82) is 0 Å². The van der Waals surface area contributed by atoms with Crippen LogP contribution in [-0.4, -0.2) is 47.4 Å². The van der Waals surface area contributed by atoms with Crippen LogP contribution in [-0.2, 0) is 11.2 Å². The van der Waals surface area contributed by atoms with Crippen molar-refractivity contribution >= 4 is 28.8 Å². The third kappa shape index (κ3) is 4.45. The number of carbonyl (C=O) groups excluding carboxylic acids is 1. The van der Waals surface area contributed by atoms with E-state index in [1.165, 1.54) is 0 Å². The van der Waals surface area contributed by atoms with Crippen LogP contribution in [0.3, 0.4) is 0 Å². The first-order valence-corrected chi connectivity index (χ1v) is 11.2. The molecule has 0 aliphatic heterocycles. The number of rotatable bonds is 8. The summed E-state index contributed by atoms with van der Waals surface area (Å²) in [6.07, 6.45) is 2.82.